The van der Waals surface area contributed by atoms with Crippen molar-refractivity contribution in [1.82, 2.24) is 0 Å². The number of halogens is 4. The van der Waals surface area contributed by atoms with Gasteiger partial charge in [0.1, 0.15) is 28.6 Å². The van der Waals surface area contributed by atoms with Gasteiger partial charge >= 0.3 is 23.9 Å². The van der Waals surface area contributed by atoms with Crippen LogP contribution in [0.3, 0.4) is 0 Å². The van der Waals surface area contributed by atoms with Crippen LogP contribution in [-0.4, -0.2) is 34.1 Å². The fourth-order valence-corrected chi connectivity index (χ4v) is 15.9. The second kappa shape index (κ2) is 24.1. The van der Waals surface area contributed by atoms with Gasteiger partial charge in [0.25, 0.3) is 0 Å². The third-order valence-electron chi connectivity index (χ3n) is 19.3. The van der Waals surface area contributed by atoms with Gasteiger partial charge in [-0.2, -0.15) is 0 Å². The predicted octanol–water partition coefficient (Wildman–Crippen LogP) is 20.2. The molecule has 2 unspecified atom stereocenters. The normalized spacial score (nSPS) is 16.2. The first-order valence-electron chi connectivity index (χ1n) is 32.1. The Labute approximate surface area is 599 Å². The number of aromatic hydroxyl groups is 1. The van der Waals surface area contributed by atoms with E-state index in [0.717, 1.165) is 66.1 Å². The molecule has 18 heteroatoms. The highest BCUT2D eigenvalue weighted by molar-refractivity contribution is 6.34. The topological polar surface area (TPSA) is 194 Å². The number of carboxylic acids is 1. The maximum absolute atomic E-state index is 14.5. The van der Waals surface area contributed by atoms with Crippen molar-refractivity contribution >= 4 is 103 Å². The van der Waals surface area contributed by atoms with Crippen LogP contribution in [-0.2, 0) is 40.9 Å². The Bertz CT molecular complexity index is 5930. The third kappa shape index (κ3) is 9.66. The Morgan fingerprint density at radius 1 is 0.412 bits per heavy atom. The van der Waals surface area contributed by atoms with E-state index in [9.17, 15) is 34.2 Å². The number of benzene rings is 13. The van der Waals surface area contributed by atoms with E-state index in [-0.39, 0.29) is 71.3 Å². The fourth-order valence-electron chi connectivity index (χ4n) is 15.2. The molecule has 0 saturated heterocycles. The van der Waals surface area contributed by atoms with Crippen molar-refractivity contribution in [1.29, 1.82) is 0 Å². The third-order valence-corrected chi connectivity index (χ3v) is 20.5. The minimum atomic E-state index is -1.71. The number of carboxylic acid groups (broad SMARTS) is 1. The molecule has 0 saturated carbocycles. The van der Waals surface area contributed by atoms with E-state index in [1.54, 1.807) is 18.2 Å². The maximum Gasteiger partial charge on any atom is 0.340 e. The SMILES string of the molecule is CC(=O)Oc1cc2c(cc1Cl)C1(OC(=O)c3cc4c(cc31)C1(c3ccccc3)OOC4(c3ccccc3)c3ccccc31)c1cc(Cl)c(OC(C)=O)cc1O2.O=C(O)c1cc2c(-c3ccccc3)c3ccccc3c(-c3ccccc3)c2cc1-c1c2cc(Cl)c(=O)cc-2oc2cc(O)c(Cl)cc12. The quantitative estimate of drug-likeness (QED) is 0.0631. The van der Waals surface area contributed by atoms with E-state index < -0.39 is 46.1 Å². The van der Waals surface area contributed by atoms with Gasteiger partial charge in [-0.3, -0.25) is 14.4 Å². The molecule has 0 fully saturated rings. The summed E-state index contributed by atoms with van der Waals surface area (Å²) in [4.78, 5) is 77.9. The first kappa shape index (κ1) is 63.8. The molecule has 1 spiro atoms. The highest BCUT2D eigenvalue weighted by Gasteiger charge is 2.63. The molecule has 2 aliphatic carbocycles. The Balaban J connectivity index is 0.000000154. The highest BCUT2D eigenvalue weighted by Crippen LogP contribution is 2.65. The van der Waals surface area contributed by atoms with E-state index >= 15 is 0 Å². The van der Waals surface area contributed by atoms with E-state index in [2.05, 4.69) is 12.1 Å². The zero-order chi connectivity index (χ0) is 70.3. The summed E-state index contributed by atoms with van der Waals surface area (Å²) in [5.74, 6) is -2.60. The number of ether oxygens (including phenoxy) is 4. The molecule has 7 aliphatic rings. The number of phenolic OH excluding ortho intramolecular Hbond substituents is 1. The highest BCUT2D eigenvalue weighted by atomic mass is 35.5. The van der Waals surface area contributed by atoms with Crippen LogP contribution in [0.15, 0.2) is 252 Å². The lowest BCUT2D eigenvalue weighted by Crippen LogP contribution is -2.53. The maximum atomic E-state index is 14.5. The molecule has 5 aliphatic heterocycles. The minimum Gasteiger partial charge on any atom is -0.506 e. The number of phenols is 1. The number of aromatic carboxylic acids is 1. The van der Waals surface area contributed by atoms with Gasteiger partial charge in [-0.25, -0.2) is 19.4 Å². The van der Waals surface area contributed by atoms with Crippen LogP contribution >= 0.6 is 46.4 Å². The molecule has 496 valence electrons. The van der Waals surface area contributed by atoms with E-state index in [4.69, 9.17) is 79.5 Å². The van der Waals surface area contributed by atoms with Crippen molar-refractivity contribution in [2.45, 2.75) is 30.7 Å². The van der Waals surface area contributed by atoms with Crippen molar-refractivity contribution < 1.29 is 62.5 Å². The van der Waals surface area contributed by atoms with Crippen molar-refractivity contribution in [2.75, 3.05) is 0 Å². The van der Waals surface area contributed by atoms with Crippen molar-refractivity contribution in [3.63, 3.8) is 0 Å². The zero-order valence-electron chi connectivity index (χ0n) is 53.4. The smallest absolute Gasteiger partial charge is 0.340 e. The molecule has 102 heavy (non-hydrogen) atoms. The molecule has 0 amide bonds. The first-order chi connectivity index (χ1) is 49.4. The van der Waals surface area contributed by atoms with Gasteiger partial charge in [0, 0.05) is 93.6 Å². The Morgan fingerprint density at radius 3 is 1.42 bits per heavy atom. The van der Waals surface area contributed by atoms with E-state index in [1.165, 1.54) is 50.2 Å². The number of fused-ring (bicyclic) bond motifs is 11. The Hall–Kier alpha value is -11.6. The van der Waals surface area contributed by atoms with Crippen LogP contribution in [0.2, 0.25) is 20.1 Å². The van der Waals surface area contributed by atoms with Gasteiger partial charge in [0.05, 0.1) is 31.2 Å². The second-order valence-electron chi connectivity index (χ2n) is 25.0. The predicted molar refractivity (Wildman–Crippen MR) is 388 cm³/mol. The Kier molecular flexibility index (Phi) is 15.1. The number of hydrogen-bond donors (Lipinski definition) is 2. The Morgan fingerprint density at radius 2 is 0.902 bits per heavy atom. The summed E-state index contributed by atoms with van der Waals surface area (Å²) in [6.45, 7) is 2.50. The molecule has 2 N–H and O–H groups in total. The molecular formula is C84H48Cl4O14. The minimum absolute atomic E-state index is 0.0305. The number of hydrogen-bond acceptors (Lipinski definition) is 13. The van der Waals surface area contributed by atoms with E-state index in [1.807, 2.05) is 176 Å². The number of carbonyl (C=O) groups excluding carboxylic acids is 3. The molecule has 0 aromatic heterocycles. The molecule has 12 aromatic rings. The number of esters is 3. The van der Waals surface area contributed by atoms with Gasteiger partial charge in [-0.1, -0.05) is 216 Å². The van der Waals surface area contributed by atoms with Crippen LogP contribution < -0.4 is 19.6 Å². The molecule has 0 radical (unpaired) electrons. The molecule has 12 aromatic carbocycles. The second-order valence-corrected chi connectivity index (χ2v) is 26.6. The molecule has 2 bridgehead atoms. The summed E-state index contributed by atoms with van der Waals surface area (Å²) in [6, 6.07) is 74.5. The van der Waals surface area contributed by atoms with Gasteiger partial charge in [0.15, 0.2) is 28.3 Å². The van der Waals surface area contributed by atoms with Gasteiger partial charge in [0.2, 0.25) is 5.43 Å². The summed E-state index contributed by atoms with van der Waals surface area (Å²) in [6.07, 6.45) is 0. The van der Waals surface area contributed by atoms with Crippen molar-refractivity contribution in [2.24, 2.45) is 0 Å². The fraction of sp³-hybridized carbons (Fsp3) is 0.0595. The molecule has 19 rings (SSSR count). The first-order valence-corrected chi connectivity index (χ1v) is 33.6. The van der Waals surface area contributed by atoms with Crippen LogP contribution in [0.1, 0.15) is 84.6 Å². The standard InChI is InChI=1S/C44H26Cl2O9.C40H22Cl2O5/c1-23(47)50-39-21-37-33(19-35(39)45)44(34-20-36(46)40(51-24(2)48)22-38(34)52-37)30-18-32-31(17-27(30)41(49)53-44)42(25-11-5-3-6-12-25)28-15-9-10-16-29(28)43(32,55-54-42)26-13-7-4-8-14-26;41-31-17-29-35(19-33(31)43)47-36-20-34(44)32(42)18-30(36)39(29)27-15-25-26(16-28(27)40(45)46)38(22-11-5-2-6-12-22)24-14-8-7-13-23(24)37(25)21-9-3-1-4-10-21/h3-22H,1-2H3;1-20,43H,(H,45,46). The number of rotatable bonds is 8. The van der Waals surface area contributed by atoms with Crippen LogP contribution in [0.4, 0.5) is 0 Å². The average molecular weight is 1420 g/mol. The van der Waals surface area contributed by atoms with Crippen molar-refractivity contribution in [3.8, 4) is 73.5 Å². The summed E-state index contributed by atoms with van der Waals surface area (Å²) >= 11 is 26.4. The summed E-state index contributed by atoms with van der Waals surface area (Å²) in [5.41, 5.74) is 6.65. The van der Waals surface area contributed by atoms with Crippen LogP contribution in [0.5, 0.6) is 28.7 Å². The van der Waals surface area contributed by atoms with Crippen LogP contribution in [0, 0.1) is 0 Å². The average Bonchev–Trinajstić information content (AvgIpc) is 1.11. The molecule has 5 heterocycles. The van der Waals surface area contributed by atoms with E-state index in [0.29, 0.717) is 49.9 Å². The molecular weight excluding hydrogens is 1370 g/mol. The van der Waals surface area contributed by atoms with Gasteiger partial charge in [-0.05, 0) is 109 Å². The molecule has 14 nitrogen and oxygen atoms in total. The summed E-state index contributed by atoms with van der Waals surface area (Å²) < 4.78 is 29.9. The lowest BCUT2D eigenvalue weighted by Gasteiger charge is -2.54. The monoisotopic (exact) mass is 1420 g/mol. The van der Waals surface area contributed by atoms with Gasteiger partial charge < -0.3 is 33.6 Å². The summed E-state index contributed by atoms with van der Waals surface area (Å²) in [7, 11) is 0. The largest absolute Gasteiger partial charge is 0.506 e. The summed E-state index contributed by atoms with van der Waals surface area (Å²) in [5, 5.41) is 25.5. The van der Waals surface area contributed by atoms with Gasteiger partial charge in [-0.15, -0.1) is 0 Å². The zero-order valence-corrected chi connectivity index (χ0v) is 56.4. The van der Waals surface area contributed by atoms with Crippen molar-refractivity contribution in [3.05, 3.63) is 334 Å². The lowest BCUT2D eigenvalue weighted by atomic mass is 9.61. The number of carbonyl (C=O) groups is 4. The lowest BCUT2D eigenvalue weighted by molar-refractivity contribution is -0.410. The van der Waals surface area contributed by atoms with Crippen LogP contribution in [0.25, 0.3) is 77.2 Å². The molecule has 2 atom stereocenters.